The lowest BCUT2D eigenvalue weighted by Crippen LogP contribution is -2.23. The van der Waals surface area contributed by atoms with Gasteiger partial charge in [-0.3, -0.25) is 0 Å². The fraction of sp³-hybridized carbons (Fsp3) is 0.200. The summed E-state index contributed by atoms with van der Waals surface area (Å²) in [5.74, 6) is -0.302. The average Bonchev–Trinajstić information content (AvgIpc) is 2.43. The largest absolute Gasteiger partial charge is 0.306 e. The third kappa shape index (κ3) is 3.34. The van der Waals surface area contributed by atoms with E-state index < -0.39 is 0 Å². The predicted molar refractivity (Wildman–Crippen MR) is 86.1 cm³/mol. The Kier molecular flexibility index (Phi) is 5.44. The van der Waals surface area contributed by atoms with E-state index in [2.05, 4.69) is 21.2 Å². The SMILES string of the molecule is CCNC(c1cc(Cl)ccc1Cl)c1cccc(F)c1Br. The Hall–Kier alpha value is -0.610. The van der Waals surface area contributed by atoms with Crippen LogP contribution in [0.5, 0.6) is 0 Å². The summed E-state index contributed by atoms with van der Waals surface area (Å²) in [6.07, 6.45) is 0. The van der Waals surface area contributed by atoms with Gasteiger partial charge in [0.05, 0.1) is 10.5 Å². The predicted octanol–water partition coefficient (Wildman–Crippen LogP) is 5.59. The van der Waals surface area contributed by atoms with Gasteiger partial charge in [-0.05, 0) is 57.9 Å². The highest BCUT2D eigenvalue weighted by Gasteiger charge is 2.20. The van der Waals surface area contributed by atoms with Gasteiger partial charge < -0.3 is 5.32 Å². The maximum absolute atomic E-state index is 13.7. The van der Waals surface area contributed by atoms with Crippen molar-refractivity contribution in [2.75, 3.05) is 6.54 Å². The van der Waals surface area contributed by atoms with Gasteiger partial charge in [0.15, 0.2) is 0 Å². The Bertz CT molecular complexity index is 617. The summed E-state index contributed by atoms with van der Waals surface area (Å²) in [7, 11) is 0. The van der Waals surface area contributed by atoms with Gasteiger partial charge in [0.1, 0.15) is 5.82 Å². The van der Waals surface area contributed by atoms with Crippen LogP contribution in [0.15, 0.2) is 40.9 Å². The second-order valence-electron chi connectivity index (χ2n) is 4.30. The molecular weight excluding hydrogens is 364 g/mol. The summed E-state index contributed by atoms with van der Waals surface area (Å²) in [4.78, 5) is 0. The number of rotatable bonds is 4. The lowest BCUT2D eigenvalue weighted by atomic mass is 9.98. The molecule has 0 aromatic heterocycles. The van der Waals surface area contributed by atoms with Crippen molar-refractivity contribution in [3.63, 3.8) is 0 Å². The second kappa shape index (κ2) is 6.90. The first kappa shape index (κ1) is 15.8. The van der Waals surface area contributed by atoms with Crippen molar-refractivity contribution in [1.29, 1.82) is 0 Å². The number of hydrogen-bond acceptors (Lipinski definition) is 1. The third-order valence-corrected chi connectivity index (χ3v) is 4.39. The fourth-order valence-electron chi connectivity index (χ4n) is 2.07. The zero-order valence-corrected chi connectivity index (χ0v) is 13.9. The van der Waals surface area contributed by atoms with Crippen molar-refractivity contribution < 1.29 is 4.39 Å². The Morgan fingerprint density at radius 1 is 1.20 bits per heavy atom. The Morgan fingerprint density at radius 2 is 1.95 bits per heavy atom. The molecule has 0 heterocycles. The molecule has 0 aliphatic carbocycles. The summed E-state index contributed by atoms with van der Waals surface area (Å²) in [6.45, 7) is 2.70. The van der Waals surface area contributed by atoms with Crippen molar-refractivity contribution in [2.24, 2.45) is 0 Å². The molecule has 2 rings (SSSR count). The van der Waals surface area contributed by atoms with Crippen LogP contribution in [0.4, 0.5) is 4.39 Å². The number of benzene rings is 2. The van der Waals surface area contributed by atoms with Gasteiger partial charge in [0, 0.05) is 10.0 Å². The number of nitrogens with one attached hydrogen (secondary N) is 1. The van der Waals surface area contributed by atoms with Gasteiger partial charge in [-0.25, -0.2) is 4.39 Å². The van der Waals surface area contributed by atoms with E-state index >= 15 is 0 Å². The van der Waals surface area contributed by atoms with E-state index in [1.54, 1.807) is 24.3 Å². The first-order chi connectivity index (χ1) is 9.54. The van der Waals surface area contributed by atoms with Crippen LogP contribution >= 0.6 is 39.1 Å². The highest BCUT2D eigenvalue weighted by atomic mass is 79.9. The Balaban J connectivity index is 2.56. The molecule has 5 heteroatoms. The van der Waals surface area contributed by atoms with Crippen LogP contribution in [0.3, 0.4) is 0 Å². The molecule has 1 N–H and O–H groups in total. The number of halogens is 4. The van der Waals surface area contributed by atoms with E-state index in [1.165, 1.54) is 6.07 Å². The molecule has 0 aliphatic rings. The highest BCUT2D eigenvalue weighted by molar-refractivity contribution is 9.10. The highest BCUT2D eigenvalue weighted by Crippen LogP contribution is 2.34. The van der Waals surface area contributed by atoms with Crippen LogP contribution in [-0.4, -0.2) is 6.54 Å². The molecule has 2 aromatic carbocycles. The van der Waals surface area contributed by atoms with Crippen LogP contribution in [0, 0.1) is 5.82 Å². The summed E-state index contributed by atoms with van der Waals surface area (Å²) < 4.78 is 14.2. The zero-order valence-electron chi connectivity index (χ0n) is 10.8. The van der Waals surface area contributed by atoms with Gasteiger partial charge in [0.2, 0.25) is 0 Å². The van der Waals surface area contributed by atoms with Gasteiger partial charge >= 0.3 is 0 Å². The Labute approximate surface area is 136 Å². The van der Waals surface area contributed by atoms with Crippen LogP contribution < -0.4 is 5.32 Å². The van der Waals surface area contributed by atoms with Gasteiger partial charge in [-0.15, -0.1) is 0 Å². The molecule has 20 heavy (non-hydrogen) atoms. The lowest BCUT2D eigenvalue weighted by molar-refractivity contribution is 0.595. The van der Waals surface area contributed by atoms with Crippen LogP contribution in [0.25, 0.3) is 0 Å². The fourth-order valence-corrected chi connectivity index (χ4v) is 2.97. The molecule has 1 nitrogen and oxygen atoms in total. The van der Waals surface area contributed by atoms with Crippen molar-refractivity contribution in [1.82, 2.24) is 5.32 Å². The summed E-state index contributed by atoms with van der Waals surface area (Å²) in [5.41, 5.74) is 1.61. The van der Waals surface area contributed by atoms with Crippen LogP contribution in [-0.2, 0) is 0 Å². The maximum Gasteiger partial charge on any atom is 0.137 e. The minimum absolute atomic E-state index is 0.226. The van der Waals surface area contributed by atoms with Gasteiger partial charge in [-0.1, -0.05) is 42.3 Å². The molecule has 2 aromatic rings. The standard InChI is InChI=1S/C15H13BrCl2FN/c1-2-20-15(10-4-3-5-13(19)14(10)16)11-8-9(17)6-7-12(11)18/h3-8,15,20H,2H2,1H3. The summed E-state index contributed by atoms with van der Waals surface area (Å²) in [6, 6.07) is 10.0. The molecule has 0 saturated carbocycles. The Morgan fingerprint density at radius 3 is 2.65 bits per heavy atom. The molecule has 1 unspecified atom stereocenters. The molecule has 0 spiro atoms. The lowest BCUT2D eigenvalue weighted by Gasteiger charge is -2.22. The third-order valence-electron chi connectivity index (χ3n) is 2.97. The van der Waals surface area contributed by atoms with Crippen LogP contribution in [0.2, 0.25) is 10.0 Å². The maximum atomic E-state index is 13.7. The molecule has 0 radical (unpaired) electrons. The molecule has 1 atom stereocenters. The van der Waals surface area contributed by atoms with Crippen molar-refractivity contribution in [3.05, 3.63) is 67.9 Å². The second-order valence-corrected chi connectivity index (χ2v) is 5.94. The van der Waals surface area contributed by atoms with Crippen molar-refractivity contribution in [3.8, 4) is 0 Å². The number of hydrogen-bond donors (Lipinski definition) is 1. The molecular formula is C15H13BrCl2FN. The molecule has 0 fully saturated rings. The average molecular weight is 377 g/mol. The van der Waals surface area contributed by atoms with Crippen LogP contribution in [0.1, 0.15) is 24.1 Å². The topological polar surface area (TPSA) is 12.0 Å². The van der Waals surface area contributed by atoms with E-state index in [-0.39, 0.29) is 11.9 Å². The first-order valence-corrected chi connectivity index (χ1v) is 7.71. The summed E-state index contributed by atoms with van der Waals surface area (Å²) in [5, 5.41) is 4.50. The molecule has 106 valence electrons. The molecule has 0 saturated heterocycles. The smallest absolute Gasteiger partial charge is 0.137 e. The minimum Gasteiger partial charge on any atom is -0.306 e. The van der Waals surface area contributed by atoms with E-state index in [0.717, 1.165) is 17.7 Å². The van der Waals surface area contributed by atoms with Gasteiger partial charge in [-0.2, -0.15) is 0 Å². The van der Waals surface area contributed by atoms with Gasteiger partial charge in [0.25, 0.3) is 0 Å². The van der Waals surface area contributed by atoms with E-state index in [4.69, 9.17) is 23.2 Å². The quantitative estimate of drug-likeness (QED) is 0.732. The molecule has 0 aliphatic heterocycles. The van der Waals surface area contributed by atoms with E-state index in [1.807, 2.05) is 13.0 Å². The first-order valence-electron chi connectivity index (χ1n) is 6.16. The monoisotopic (exact) mass is 375 g/mol. The van der Waals surface area contributed by atoms with Crippen molar-refractivity contribution in [2.45, 2.75) is 13.0 Å². The molecule has 0 amide bonds. The summed E-state index contributed by atoms with van der Waals surface area (Å²) >= 11 is 15.6. The van der Waals surface area contributed by atoms with E-state index in [9.17, 15) is 4.39 Å². The van der Waals surface area contributed by atoms with E-state index in [0.29, 0.717) is 14.5 Å². The minimum atomic E-state index is -0.302. The van der Waals surface area contributed by atoms with Crippen molar-refractivity contribution >= 4 is 39.1 Å². The zero-order chi connectivity index (χ0) is 14.7. The molecule has 0 bridgehead atoms. The normalized spacial score (nSPS) is 12.4.